The van der Waals surface area contributed by atoms with E-state index < -0.39 is 73.0 Å². The number of alkyl halides is 9. The molecule has 7 N–H and O–H groups in total. The summed E-state index contributed by atoms with van der Waals surface area (Å²) < 4.78 is 189. The molecule has 41 heteroatoms. The van der Waals surface area contributed by atoms with E-state index >= 15 is 0 Å². The first-order valence-electron chi connectivity index (χ1n) is 46.7. The van der Waals surface area contributed by atoms with Crippen LogP contribution in [-0.4, -0.2) is 208 Å². The molecular formula is C101H108BrF13N14O13. The number of anilines is 6. The molecule has 7 fully saturated rings. The van der Waals surface area contributed by atoms with Gasteiger partial charge >= 0.3 is 24.5 Å². The van der Waals surface area contributed by atoms with Crippen molar-refractivity contribution in [2.75, 3.05) is 155 Å². The van der Waals surface area contributed by atoms with E-state index in [4.69, 9.17) is 19.3 Å². The van der Waals surface area contributed by atoms with Gasteiger partial charge in [-0.15, -0.1) is 0 Å². The monoisotopic (exact) mass is 2050 g/mol. The molecule has 0 unspecified atom stereocenters. The molecular weight excluding hydrogens is 1940 g/mol. The first kappa shape index (κ1) is 107. The van der Waals surface area contributed by atoms with E-state index in [-0.39, 0.29) is 108 Å². The number of halogens is 14. The predicted octanol–water partition coefficient (Wildman–Crippen LogP) is 20.7. The second kappa shape index (κ2) is 49.7. The number of piperazine rings is 4. The van der Waals surface area contributed by atoms with Gasteiger partial charge in [-0.3, -0.25) is 39.9 Å². The summed E-state index contributed by atoms with van der Waals surface area (Å²) in [5.41, 5.74) is -2.98. The number of fused-ring (bicyclic) bond motifs is 4. The van der Waals surface area contributed by atoms with Gasteiger partial charge in [0.1, 0.15) is 59.8 Å². The van der Waals surface area contributed by atoms with E-state index in [1.54, 1.807) is 34.1 Å². The number of hydrogen-bond acceptors (Lipinski definition) is 21. The second-order valence-corrected chi connectivity index (χ2v) is 36.2. The van der Waals surface area contributed by atoms with Gasteiger partial charge in [0.05, 0.1) is 33.1 Å². The largest absolute Gasteiger partial charge is 0.480 e. The van der Waals surface area contributed by atoms with Gasteiger partial charge < -0.3 is 75.7 Å². The number of nitrogens with one attached hydrogen (secondary N) is 6. The van der Waals surface area contributed by atoms with Gasteiger partial charge in [0.25, 0.3) is 17.1 Å². The van der Waals surface area contributed by atoms with Crippen LogP contribution in [-0.2, 0) is 47.1 Å². The fourth-order valence-corrected chi connectivity index (χ4v) is 18.3. The Morgan fingerprint density at radius 1 is 0.338 bits per heavy atom. The second-order valence-electron chi connectivity index (χ2n) is 35.3. The molecule has 3 saturated carbocycles. The molecule has 4 saturated heterocycles. The lowest BCUT2D eigenvalue weighted by Crippen LogP contribution is -2.50. The Balaban J connectivity index is 0.000000155. The number of ether oxygens (including phenoxy) is 3. The molecule has 758 valence electrons. The normalized spacial score (nSPS) is 19.0. The zero-order valence-corrected chi connectivity index (χ0v) is 78.7. The Hall–Kier alpha value is -12.8. The maximum atomic E-state index is 13.5. The average Bonchev–Trinajstić information content (AvgIpc) is 0.789. The molecule has 0 atom stereocenters. The first-order chi connectivity index (χ1) is 67.9. The zero-order valence-electron chi connectivity index (χ0n) is 77.2. The van der Waals surface area contributed by atoms with Crippen molar-refractivity contribution in [1.29, 1.82) is 0 Å². The lowest BCUT2D eigenvalue weighted by molar-refractivity contribution is -0.388. The molecule has 4 aliphatic heterocycles. The summed E-state index contributed by atoms with van der Waals surface area (Å²) in [6.07, 6.45) is -7.43. The molecule has 0 spiro atoms. The number of rotatable bonds is 21. The number of carboxylic acid groups (broad SMARTS) is 1. The van der Waals surface area contributed by atoms with Crippen molar-refractivity contribution in [3.63, 3.8) is 0 Å². The number of carbonyl (C=O) groups excluding carboxylic acids is 2. The topological polar surface area (TPSA) is 317 Å². The molecule has 7 aliphatic rings. The van der Waals surface area contributed by atoms with Gasteiger partial charge in [0.2, 0.25) is 11.8 Å². The summed E-state index contributed by atoms with van der Waals surface area (Å²) in [6, 6.07) is 51.3. The summed E-state index contributed by atoms with van der Waals surface area (Å²) in [7, 11) is 0. The van der Waals surface area contributed by atoms with Gasteiger partial charge in [0, 0.05) is 180 Å². The number of hydrogen-bond donors (Lipinski definition) is 7. The van der Waals surface area contributed by atoms with Crippen LogP contribution in [0.4, 0.5) is 108 Å². The van der Waals surface area contributed by atoms with Gasteiger partial charge in [-0.25, -0.2) is 22.4 Å². The molecule has 18 rings (SSSR count). The van der Waals surface area contributed by atoms with E-state index in [1.165, 1.54) is 66.4 Å². The number of benzene rings is 11. The highest BCUT2D eigenvalue weighted by Crippen LogP contribution is 2.43. The number of aliphatic carboxylic acids is 1. The Morgan fingerprint density at radius 3 is 0.880 bits per heavy atom. The zero-order chi connectivity index (χ0) is 101. The quantitative estimate of drug-likeness (QED) is 0.0200. The maximum Gasteiger partial charge on any atom is 0.423 e. The van der Waals surface area contributed by atoms with Crippen molar-refractivity contribution >= 4 is 128 Å². The third-order valence-electron chi connectivity index (χ3n) is 25.5. The third-order valence-corrected chi connectivity index (χ3v) is 26.0. The highest BCUT2D eigenvalue weighted by molar-refractivity contribution is 9.10. The Morgan fingerprint density at radius 2 is 0.599 bits per heavy atom. The van der Waals surface area contributed by atoms with Crippen molar-refractivity contribution in [1.82, 2.24) is 25.8 Å². The summed E-state index contributed by atoms with van der Waals surface area (Å²) in [5, 5.41) is 67.7. The number of carboxylic acids is 1. The molecule has 11 aromatic rings. The van der Waals surface area contributed by atoms with Crippen LogP contribution in [0.3, 0.4) is 0 Å². The lowest BCUT2D eigenvalue weighted by Gasteiger charge is -2.36. The van der Waals surface area contributed by atoms with E-state index in [0.717, 1.165) is 148 Å². The number of nitro groups is 3. The molecule has 0 bridgehead atoms. The van der Waals surface area contributed by atoms with E-state index in [0.29, 0.717) is 129 Å². The summed E-state index contributed by atoms with van der Waals surface area (Å²) in [4.78, 5) is 75.9. The van der Waals surface area contributed by atoms with Crippen molar-refractivity contribution in [3.05, 3.63) is 275 Å². The third kappa shape index (κ3) is 31.1. The standard InChI is InChI=1S/2C29H30F4N4O4.C15H17F3N2O5.C14H15FN2.C10H6BrF.C4H10N2/c2*30-21-3-1-20-16-24(7-2-19(20)15-21)35-11-13-36(14-12-35)28(38)18-41-25-8-4-22(5-9-25)34-23-6-10-27(37(39)40)26(17-23)29(31,32)33;16-15(17,18)12-7-10(3-6-13(12)20(23)24)19-9-1-4-11(5-2-9)25-8-14(21)22;15-13-3-1-12-10-14(4-2-11(12)9-13)17-7-5-16-6-8-17;11-9-3-1-8-6-10(12)4-2-7(8)5-9;1-2-6-4-3-5-1/h2*1-3,6-7,10,15-17,22,25,34H,4-5,8-9,11-14,18H2;3,6-7,9,11,19H,1-2,4-5,8H2,(H,21,22);1-4,9-10,16H,5-8H2;1-6H;5-6H,1-4H2. The van der Waals surface area contributed by atoms with Gasteiger partial charge in [0.15, 0.2) is 0 Å². The van der Waals surface area contributed by atoms with Crippen molar-refractivity contribution in [2.24, 2.45) is 0 Å². The van der Waals surface area contributed by atoms with Gasteiger partial charge in [-0.1, -0.05) is 64.5 Å². The van der Waals surface area contributed by atoms with Crippen LogP contribution in [0.5, 0.6) is 0 Å². The molecule has 3 aliphatic carbocycles. The van der Waals surface area contributed by atoms with Crippen LogP contribution >= 0.6 is 15.9 Å². The summed E-state index contributed by atoms with van der Waals surface area (Å²) in [6.45, 7) is 13.2. The minimum Gasteiger partial charge on any atom is -0.480 e. The molecule has 142 heavy (non-hydrogen) atoms. The molecule has 0 radical (unpaired) electrons. The van der Waals surface area contributed by atoms with E-state index in [9.17, 15) is 102 Å². The molecule has 2 amide bonds. The summed E-state index contributed by atoms with van der Waals surface area (Å²) in [5.74, 6) is -2.11. The fraction of sp³-hybridized carbons (Fsp3) is 0.396. The number of amides is 2. The molecule has 4 heterocycles. The Bertz CT molecular complexity index is 5900. The van der Waals surface area contributed by atoms with Crippen LogP contribution in [0.25, 0.3) is 43.1 Å². The van der Waals surface area contributed by atoms with Crippen molar-refractivity contribution < 1.29 is 106 Å². The van der Waals surface area contributed by atoms with Gasteiger partial charge in [-0.05, 0) is 254 Å². The highest BCUT2D eigenvalue weighted by atomic mass is 79.9. The predicted molar refractivity (Wildman–Crippen MR) is 521 cm³/mol. The van der Waals surface area contributed by atoms with Crippen LogP contribution in [0, 0.1) is 53.6 Å². The Kier molecular flexibility index (Phi) is 37.3. The Labute approximate surface area is 817 Å². The highest BCUT2D eigenvalue weighted by Gasteiger charge is 2.42. The number of carbonyl (C=O) groups is 3. The van der Waals surface area contributed by atoms with E-state index in [2.05, 4.69) is 74.7 Å². The maximum absolute atomic E-state index is 13.5. The minimum absolute atomic E-state index is 0.0262. The smallest absolute Gasteiger partial charge is 0.423 e. The minimum atomic E-state index is -4.83. The molecule has 11 aromatic carbocycles. The van der Waals surface area contributed by atoms with Crippen molar-refractivity contribution in [3.8, 4) is 0 Å². The number of nitrogens with zero attached hydrogens (tertiary/aromatic N) is 8. The van der Waals surface area contributed by atoms with Crippen LogP contribution in [0.1, 0.15) is 93.7 Å². The van der Waals surface area contributed by atoms with Crippen LogP contribution in [0.15, 0.2) is 205 Å². The number of nitro benzene ring substituents is 3. The van der Waals surface area contributed by atoms with Crippen LogP contribution in [0.2, 0.25) is 0 Å². The SMILES string of the molecule is C1CNCCN1.Fc1ccc2cc(Br)ccc2c1.Fc1ccc2cc(N3CCNCC3)ccc2c1.O=C(COC1CCC(Nc2ccc([N+](=O)[O-])c(C(F)(F)F)c2)CC1)N1CCN(c2ccc3cc(F)ccc3c2)CC1.O=C(COC1CCC(Nc2ccc([N+](=O)[O-])c(C(F)(F)F)c2)CC1)N1CCN(c2ccc3cc(F)ccc3c2)CC1.O=C(O)COC1CCC(Nc2ccc([N+](=O)[O-])c(C(F)(F)F)c2)CC1. The van der Waals surface area contributed by atoms with Crippen LogP contribution < -0.4 is 46.6 Å². The van der Waals surface area contributed by atoms with Crippen molar-refractivity contribution in [2.45, 2.75) is 132 Å². The fourth-order valence-electron chi connectivity index (χ4n) is 18.0. The lowest BCUT2D eigenvalue weighted by atomic mass is 9.92. The summed E-state index contributed by atoms with van der Waals surface area (Å²) >= 11 is 3.36. The average molecular weight is 2050 g/mol. The molecule has 27 nitrogen and oxygen atoms in total. The van der Waals surface area contributed by atoms with E-state index in [1.807, 2.05) is 66.7 Å². The van der Waals surface area contributed by atoms with Gasteiger partial charge in [-0.2, -0.15) is 39.5 Å². The first-order valence-corrected chi connectivity index (χ1v) is 47.5. The molecule has 0 aromatic heterocycles.